The van der Waals surface area contributed by atoms with Crippen LogP contribution in [0.2, 0.25) is 0 Å². The Labute approximate surface area is 119 Å². The van der Waals surface area contributed by atoms with Crippen molar-refractivity contribution in [1.29, 1.82) is 0 Å². The Bertz CT molecular complexity index is 530. The summed E-state index contributed by atoms with van der Waals surface area (Å²) in [4.78, 5) is 8.04. The SMILES string of the molecule is CC1(C)ON=C(C2C3CNCC32)N1Cc1ccccc1. The number of hydrogen-bond acceptors (Lipinski definition) is 4. The number of nitrogens with one attached hydrogen (secondary N) is 1. The van der Waals surface area contributed by atoms with Gasteiger partial charge in [-0.1, -0.05) is 35.5 Å². The number of oxime groups is 1. The Morgan fingerprint density at radius 2 is 1.95 bits per heavy atom. The van der Waals surface area contributed by atoms with Crippen molar-refractivity contribution in [2.24, 2.45) is 22.9 Å². The van der Waals surface area contributed by atoms with E-state index in [9.17, 15) is 0 Å². The molecule has 2 fully saturated rings. The fourth-order valence-corrected chi connectivity index (χ4v) is 3.61. The highest BCUT2D eigenvalue weighted by Crippen LogP contribution is 2.52. The molecule has 1 saturated heterocycles. The van der Waals surface area contributed by atoms with Crippen LogP contribution < -0.4 is 5.32 Å². The number of hydrogen-bond donors (Lipinski definition) is 1. The third-order valence-corrected chi connectivity index (χ3v) is 4.86. The fourth-order valence-electron chi connectivity index (χ4n) is 3.61. The van der Waals surface area contributed by atoms with Crippen molar-refractivity contribution in [3.63, 3.8) is 0 Å². The van der Waals surface area contributed by atoms with Gasteiger partial charge in [-0.15, -0.1) is 0 Å². The molecule has 4 rings (SSSR count). The van der Waals surface area contributed by atoms with E-state index in [2.05, 4.69) is 59.6 Å². The van der Waals surface area contributed by atoms with E-state index in [1.165, 1.54) is 5.56 Å². The highest BCUT2D eigenvalue weighted by Gasteiger charge is 2.59. The van der Waals surface area contributed by atoms with E-state index >= 15 is 0 Å². The van der Waals surface area contributed by atoms with Crippen LogP contribution in [-0.4, -0.2) is 29.6 Å². The predicted molar refractivity (Wildman–Crippen MR) is 77.9 cm³/mol. The summed E-state index contributed by atoms with van der Waals surface area (Å²) < 4.78 is 0. The van der Waals surface area contributed by atoms with E-state index in [4.69, 9.17) is 4.84 Å². The van der Waals surface area contributed by atoms with Crippen LogP contribution >= 0.6 is 0 Å². The third-order valence-electron chi connectivity index (χ3n) is 4.86. The van der Waals surface area contributed by atoms with Crippen LogP contribution in [0.5, 0.6) is 0 Å². The van der Waals surface area contributed by atoms with Gasteiger partial charge in [0.25, 0.3) is 0 Å². The van der Waals surface area contributed by atoms with Crippen molar-refractivity contribution in [3.8, 4) is 0 Å². The summed E-state index contributed by atoms with van der Waals surface area (Å²) in [5, 5.41) is 7.87. The second-order valence-corrected chi connectivity index (χ2v) is 6.57. The number of nitrogens with zero attached hydrogens (tertiary/aromatic N) is 2. The van der Waals surface area contributed by atoms with Crippen molar-refractivity contribution in [3.05, 3.63) is 35.9 Å². The molecule has 1 saturated carbocycles. The summed E-state index contributed by atoms with van der Waals surface area (Å²) in [5.74, 6) is 3.30. The highest BCUT2D eigenvalue weighted by molar-refractivity contribution is 5.89. The van der Waals surface area contributed by atoms with Gasteiger partial charge in [-0.2, -0.15) is 0 Å². The predicted octanol–water partition coefficient (Wildman–Crippen LogP) is 2.03. The van der Waals surface area contributed by atoms with Gasteiger partial charge < -0.3 is 15.1 Å². The maximum Gasteiger partial charge on any atom is 0.205 e. The monoisotopic (exact) mass is 271 g/mol. The van der Waals surface area contributed by atoms with Gasteiger partial charge in [0, 0.05) is 12.5 Å². The second kappa shape index (κ2) is 4.22. The van der Waals surface area contributed by atoms with Crippen LogP contribution in [0.25, 0.3) is 0 Å². The minimum absolute atomic E-state index is 0.338. The molecule has 2 unspecified atom stereocenters. The minimum Gasteiger partial charge on any atom is -0.366 e. The molecule has 0 aromatic heterocycles. The molecule has 1 aliphatic carbocycles. The zero-order valence-electron chi connectivity index (χ0n) is 12.0. The summed E-state index contributed by atoms with van der Waals surface area (Å²) >= 11 is 0. The molecule has 2 heterocycles. The molecule has 4 nitrogen and oxygen atoms in total. The van der Waals surface area contributed by atoms with E-state index in [1.54, 1.807) is 0 Å². The van der Waals surface area contributed by atoms with Crippen molar-refractivity contribution >= 4 is 5.84 Å². The Morgan fingerprint density at radius 1 is 1.25 bits per heavy atom. The molecule has 106 valence electrons. The van der Waals surface area contributed by atoms with Gasteiger partial charge in [0.05, 0.1) is 0 Å². The molecule has 0 radical (unpaired) electrons. The number of fused-ring (bicyclic) bond motifs is 1. The fraction of sp³-hybridized carbons (Fsp3) is 0.562. The van der Waals surface area contributed by atoms with Crippen LogP contribution in [-0.2, 0) is 11.4 Å². The lowest BCUT2D eigenvalue weighted by atomic mass is 10.1. The smallest absolute Gasteiger partial charge is 0.205 e. The largest absolute Gasteiger partial charge is 0.366 e. The molecule has 1 aromatic rings. The molecule has 20 heavy (non-hydrogen) atoms. The molecule has 0 amide bonds. The van der Waals surface area contributed by atoms with E-state index in [0.29, 0.717) is 5.92 Å². The van der Waals surface area contributed by atoms with E-state index < -0.39 is 0 Å². The average molecular weight is 271 g/mol. The first kappa shape index (κ1) is 12.2. The average Bonchev–Trinajstić information content (AvgIpc) is 2.80. The Balaban J connectivity index is 1.56. The standard InChI is InChI=1S/C16H21N3O/c1-16(2)19(10-11-6-4-3-5-7-11)15(18-20-16)14-12-8-17-9-13(12)14/h3-7,12-14,17H,8-10H2,1-2H3. The van der Waals surface area contributed by atoms with E-state index in [-0.39, 0.29) is 5.72 Å². The van der Waals surface area contributed by atoms with E-state index in [1.807, 2.05) is 0 Å². The number of piperidine rings is 1. The van der Waals surface area contributed by atoms with Crippen molar-refractivity contribution in [2.75, 3.05) is 13.1 Å². The van der Waals surface area contributed by atoms with Gasteiger partial charge in [-0.25, -0.2) is 0 Å². The van der Waals surface area contributed by atoms with Gasteiger partial charge in [0.15, 0.2) is 5.84 Å². The quantitative estimate of drug-likeness (QED) is 0.914. The molecular weight excluding hydrogens is 250 g/mol. The van der Waals surface area contributed by atoms with Crippen molar-refractivity contribution in [1.82, 2.24) is 10.2 Å². The maximum atomic E-state index is 5.70. The summed E-state index contributed by atoms with van der Waals surface area (Å²) in [5.41, 5.74) is 0.970. The second-order valence-electron chi connectivity index (χ2n) is 6.57. The van der Waals surface area contributed by atoms with Crippen LogP contribution in [0.3, 0.4) is 0 Å². The molecule has 4 heteroatoms. The molecule has 2 atom stereocenters. The van der Waals surface area contributed by atoms with E-state index in [0.717, 1.165) is 37.3 Å². The van der Waals surface area contributed by atoms with Crippen LogP contribution in [0.1, 0.15) is 19.4 Å². The normalized spacial score (nSPS) is 33.6. The lowest BCUT2D eigenvalue weighted by Gasteiger charge is -2.32. The zero-order chi connectivity index (χ0) is 13.7. The lowest BCUT2D eigenvalue weighted by Crippen LogP contribution is -2.44. The first-order chi connectivity index (χ1) is 9.67. The van der Waals surface area contributed by atoms with Crippen molar-refractivity contribution in [2.45, 2.75) is 26.1 Å². The molecule has 1 N–H and O–H groups in total. The Hall–Kier alpha value is -1.55. The molecular formula is C16H21N3O. The molecule has 1 aromatic carbocycles. The number of rotatable bonds is 3. The van der Waals surface area contributed by atoms with Gasteiger partial charge in [0.1, 0.15) is 0 Å². The Morgan fingerprint density at radius 3 is 2.65 bits per heavy atom. The number of benzene rings is 1. The van der Waals surface area contributed by atoms with Gasteiger partial charge in [-0.3, -0.25) is 0 Å². The number of amidine groups is 1. The summed E-state index contributed by atoms with van der Waals surface area (Å²) in [6.45, 7) is 7.34. The molecule has 2 aliphatic heterocycles. The topological polar surface area (TPSA) is 36.9 Å². The third kappa shape index (κ3) is 1.82. The minimum atomic E-state index is -0.338. The van der Waals surface area contributed by atoms with Crippen LogP contribution in [0.4, 0.5) is 0 Å². The molecule has 3 aliphatic rings. The van der Waals surface area contributed by atoms with Crippen LogP contribution in [0, 0.1) is 17.8 Å². The van der Waals surface area contributed by atoms with Crippen LogP contribution in [0.15, 0.2) is 35.5 Å². The van der Waals surface area contributed by atoms with Crippen molar-refractivity contribution < 1.29 is 4.84 Å². The molecule has 0 spiro atoms. The van der Waals surface area contributed by atoms with Gasteiger partial charge >= 0.3 is 0 Å². The summed E-state index contributed by atoms with van der Waals surface area (Å²) in [6.07, 6.45) is 0. The molecule has 0 bridgehead atoms. The van der Waals surface area contributed by atoms with Gasteiger partial charge in [0.2, 0.25) is 5.72 Å². The first-order valence-corrected chi connectivity index (χ1v) is 7.45. The van der Waals surface area contributed by atoms with Gasteiger partial charge in [-0.05, 0) is 44.3 Å². The lowest BCUT2D eigenvalue weighted by molar-refractivity contribution is -0.0719. The summed E-state index contributed by atoms with van der Waals surface area (Å²) in [7, 11) is 0. The summed E-state index contributed by atoms with van der Waals surface area (Å²) in [6, 6.07) is 10.6. The zero-order valence-corrected chi connectivity index (χ0v) is 12.0. The first-order valence-electron chi connectivity index (χ1n) is 7.45. The maximum absolute atomic E-state index is 5.70. The highest BCUT2D eigenvalue weighted by atomic mass is 16.7. The Kier molecular flexibility index (Phi) is 2.58.